The van der Waals surface area contributed by atoms with Gasteiger partial charge in [-0.25, -0.2) is 0 Å². The highest BCUT2D eigenvalue weighted by atomic mass is 35.5. The Morgan fingerprint density at radius 2 is 2.07 bits per heavy atom. The van der Waals surface area contributed by atoms with E-state index in [1.54, 1.807) is 6.07 Å². The van der Waals surface area contributed by atoms with Crippen LogP contribution in [0.4, 0.5) is 5.69 Å². The summed E-state index contributed by atoms with van der Waals surface area (Å²) in [6.07, 6.45) is 0. The van der Waals surface area contributed by atoms with Gasteiger partial charge in [-0.15, -0.1) is 0 Å². The highest BCUT2D eigenvalue weighted by Crippen LogP contribution is 2.20. The lowest BCUT2D eigenvalue weighted by Crippen LogP contribution is -2.12. The second kappa shape index (κ2) is 4.11. The van der Waals surface area contributed by atoms with E-state index in [1.807, 2.05) is 0 Å². The van der Waals surface area contributed by atoms with Crippen molar-refractivity contribution in [1.82, 2.24) is 0 Å². The highest BCUT2D eigenvalue weighted by Gasteiger charge is 2.07. The van der Waals surface area contributed by atoms with Crippen LogP contribution in [0.2, 0.25) is 5.02 Å². The van der Waals surface area contributed by atoms with Crippen molar-refractivity contribution in [3.05, 3.63) is 28.8 Å². The Morgan fingerprint density at radius 3 is 2.50 bits per heavy atom. The molecule has 0 radical (unpaired) electrons. The van der Waals surface area contributed by atoms with Crippen molar-refractivity contribution >= 4 is 29.1 Å². The summed E-state index contributed by atoms with van der Waals surface area (Å²) in [5.74, 6) is -0.794. The fraction of sp³-hybridized carbons (Fsp3) is 0.111. The molecule has 4 nitrogen and oxygen atoms in total. The minimum absolute atomic E-state index is 0.201. The molecule has 0 saturated carbocycles. The molecule has 0 aromatic heterocycles. The first-order valence-electron chi connectivity index (χ1n) is 3.87. The first-order valence-corrected chi connectivity index (χ1v) is 4.25. The predicted octanol–water partition coefficient (Wildman–Crippen LogP) is 1.40. The molecule has 0 aliphatic carbocycles. The summed E-state index contributed by atoms with van der Waals surface area (Å²) in [6, 6.07) is 4.51. The predicted molar refractivity (Wildman–Crippen MR) is 54.3 cm³/mol. The van der Waals surface area contributed by atoms with Gasteiger partial charge in [0.15, 0.2) is 0 Å². The zero-order chi connectivity index (χ0) is 10.7. The average molecular weight is 213 g/mol. The topological polar surface area (TPSA) is 72.2 Å². The number of nitrogens with two attached hydrogens (primary N) is 1. The standard InChI is InChI=1S/C9H9ClN2O2/c1-5(13)12-6-2-3-7(9(11)14)8(10)4-6/h2-4H,1H3,(H2,11,14)(H,12,13). The summed E-state index contributed by atoms with van der Waals surface area (Å²) in [4.78, 5) is 21.5. The SMILES string of the molecule is CC(=O)Nc1ccc(C(N)=O)c(Cl)c1. The summed E-state index contributed by atoms with van der Waals surface area (Å²) in [7, 11) is 0. The van der Waals surface area contributed by atoms with Gasteiger partial charge in [0.1, 0.15) is 0 Å². The third kappa shape index (κ3) is 2.47. The second-order valence-electron chi connectivity index (χ2n) is 2.74. The minimum atomic E-state index is -0.593. The van der Waals surface area contributed by atoms with Crippen molar-refractivity contribution in [3.63, 3.8) is 0 Å². The Morgan fingerprint density at radius 1 is 1.43 bits per heavy atom. The molecule has 0 saturated heterocycles. The van der Waals surface area contributed by atoms with Crippen LogP contribution in [-0.4, -0.2) is 11.8 Å². The van der Waals surface area contributed by atoms with Crippen molar-refractivity contribution in [1.29, 1.82) is 0 Å². The van der Waals surface area contributed by atoms with Crippen molar-refractivity contribution in [2.24, 2.45) is 5.73 Å². The first kappa shape index (κ1) is 10.5. The third-order valence-electron chi connectivity index (χ3n) is 1.55. The van der Waals surface area contributed by atoms with Gasteiger partial charge in [-0.1, -0.05) is 11.6 Å². The fourth-order valence-corrected chi connectivity index (χ4v) is 1.27. The Bertz CT molecular complexity index is 390. The number of primary amides is 1. The summed E-state index contributed by atoms with van der Waals surface area (Å²) in [5, 5.41) is 2.76. The lowest BCUT2D eigenvalue weighted by Gasteiger charge is -2.04. The normalized spacial score (nSPS) is 9.57. The summed E-state index contributed by atoms with van der Waals surface area (Å²) < 4.78 is 0. The number of hydrogen-bond donors (Lipinski definition) is 2. The number of benzene rings is 1. The van der Waals surface area contributed by atoms with Gasteiger partial charge in [0.2, 0.25) is 11.8 Å². The molecule has 0 bridgehead atoms. The molecule has 0 heterocycles. The van der Waals surface area contributed by atoms with Gasteiger partial charge in [0.25, 0.3) is 0 Å². The lowest BCUT2D eigenvalue weighted by atomic mass is 10.2. The number of hydrogen-bond acceptors (Lipinski definition) is 2. The van der Waals surface area contributed by atoms with Crippen molar-refractivity contribution in [2.75, 3.05) is 5.32 Å². The van der Waals surface area contributed by atoms with E-state index >= 15 is 0 Å². The number of carbonyl (C=O) groups is 2. The van der Waals surface area contributed by atoms with Crippen LogP contribution >= 0.6 is 11.6 Å². The number of halogens is 1. The zero-order valence-electron chi connectivity index (χ0n) is 7.50. The molecule has 3 N–H and O–H groups in total. The van der Waals surface area contributed by atoms with E-state index in [2.05, 4.69) is 5.32 Å². The van der Waals surface area contributed by atoms with Crippen LogP contribution in [0.5, 0.6) is 0 Å². The molecule has 1 aromatic rings. The van der Waals surface area contributed by atoms with Gasteiger partial charge in [-0.2, -0.15) is 0 Å². The van der Waals surface area contributed by atoms with Gasteiger partial charge in [-0.3, -0.25) is 9.59 Å². The lowest BCUT2D eigenvalue weighted by molar-refractivity contribution is -0.114. The van der Waals surface area contributed by atoms with Gasteiger partial charge < -0.3 is 11.1 Å². The maximum absolute atomic E-state index is 10.8. The molecule has 2 amide bonds. The monoisotopic (exact) mass is 212 g/mol. The van der Waals surface area contributed by atoms with Gasteiger partial charge in [-0.05, 0) is 18.2 Å². The molecule has 14 heavy (non-hydrogen) atoms. The Kier molecular flexibility index (Phi) is 3.09. The van der Waals surface area contributed by atoms with E-state index < -0.39 is 5.91 Å². The van der Waals surface area contributed by atoms with Crippen LogP contribution in [0.15, 0.2) is 18.2 Å². The van der Waals surface area contributed by atoms with Crippen molar-refractivity contribution in [2.45, 2.75) is 6.92 Å². The summed E-state index contributed by atoms with van der Waals surface area (Å²) in [5.41, 5.74) is 5.83. The van der Waals surface area contributed by atoms with Crippen LogP contribution < -0.4 is 11.1 Å². The molecular formula is C9H9ClN2O2. The van der Waals surface area contributed by atoms with Gasteiger partial charge in [0.05, 0.1) is 10.6 Å². The number of carbonyl (C=O) groups excluding carboxylic acids is 2. The fourth-order valence-electron chi connectivity index (χ4n) is 0.996. The van der Waals surface area contributed by atoms with E-state index in [1.165, 1.54) is 19.1 Å². The van der Waals surface area contributed by atoms with E-state index in [4.69, 9.17) is 17.3 Å². The molecular weight excluding hydrogens is 204 g/mol. The zero-order valence-corrected chi connectivity index (χ0v) is 8.26. The second-order valence-corrected chi connectivity index (χ2v) is 3.15. The molecule has 0 aliphatic rings. The maximum atomic E-state index is 10.8. The minimum Gasteiger partial charge on any atom is -0.366 e. The molecule has 1 aromatic carbocycles. The van der Waals surface area contributed by atoms with Crippen LogP contribution in [0, 0.1) is 0 Å². The number of anilines is 1. The first-order chi connectivity index (χ1) is 6.50. The Hall–Kier alpha value is -1.55. The molecule has 0 spiro atoms. The maximum Gasteiger partial charge on any atom is 0.250 e. The average Bonchev–Trinajstić information content (AvgIpc) is 2.01. The highest BCUT2D eigenvalue weighted by molar-refractivity contribution is 6.34. The van der Waals surface area contributed by atoms with E-state index in [-0.39, 0.29) is 16.5 Å². The van der Waals surface area contributed by atoms with Crippen LogP contribution in [-0.2, 0) is 4.79 Å². The van der Waals surface area contributed by atoms with Crippen LogP contribution in [0.25, 0.3) is 0 Å². The van der Waals surface area contributed by atoms with Crippen molar-refractivity contribution < 1.29 is 9.59 Å². The van der Waals surface area contributed by atoms with E-state index in [0.717, 1.165) is 0 Å². The van der Waals surface area contributed by atoms with Crippen LogP contribution in [0.3, 0.4) is 0 Å². The molecule has 1 rings (SSSR count). The number of rotatable bonds is 2. The van der Waals surface area contributed by atoms with Gasteiger partial charge in [0, 0.05) is 12.6 Å². The largest absolute Gasteiger partial charge is 0.366 e. The van der Waals surface area contributed by atoms with Crippen LogP contribution in [0.1, 0.15) is 17.3 Å². The third-order valence-corrected chi connectivity index (χ3v) is 1.87. The number of amides is 2. The van der Waals surface area contributed by atoms with Crippen molar-refractivity contribution in [3.8, 4) is 0 Å². The molecule has 0 fully saturated rings. The molecule has 74 valence electrons. The molecule has 5 heteroatoms. The molecule has 0 atom stereocenters. The molecule has 0 unspecified atom stereocenters. The summed E-state index contributed by atoms with van der Waals surface area (Å²) in [6.45, 7) is 1.38. The van der Waals surface area contributed by atoms with Gasteiger partial charge >= 0.3 is 0 Å². The Balaban J connectivity index is 3.00. The quantitative estimate of drug-likeness (QED) is 0.778. The summed E-state index contributed by atoms with van der Waals surface area (Å²) >= 11 is 5.76. The van der Waals surface area contributed by atoms with E-state index in [0.29, 0.717) is 5.69 Å². The van der Waals surface area contributed by atoms with E-state index in [9.17, 15) is 9.59 Å². The number of nitrogens with one attached hydrogen (secondary N) is 1. The molecule has 0 aliphatic heterocycles. The Labute approximate surface area is 86.0 Å². The smallest absolute Gasteiger partial charge is 0.250 e.